The van der Waals surface area contributed by atoms with Gasteiger partial charge in [-0.1, -0.05) is 78.9 Å². The predicted molar refractivity (Wildman–Crippen MR) is 99.8 cm³/mol. The number of hydrogen-bond acceptors (Lipinski definition) is 2. The van der Waals surface area contributed by atoms with Crippen molar-refractivity contribution in [2.24, 2.45) is 4.99 Å². The number of carbonyl (C=O) groups excluding carboxylic acids is 1. The highest BCUT2D eigenvalue weighted by atomic mass is 16.2. The average molecular weight is 326 g/mol. The maximum absolute atomic E-state index is 12.8. The average Bonchev–Trinajstić information content (AvgIpc) is 2.90. The van der Waals surface area contributed by atoms with E-state index < -0.39 is 5.66 Å². The van der Waals surface area contributed by atoms with Crippen LogP contribution in [0.15, 0.2) is 89.9 Å². The molecule has 122 valence electrons. The van der Waals surface area contributed by atoms with Crippen molar-refractivity contribution in [3.05, 3.63) is 107 Å². The minimum Gasteiger partial charge on any atom is -0.309 e. The third-order valence-corrected chi connectivity index (χ3v) is 4.70. The topological polar surface area (TPSA) is 32.7 Å². The van der Waals surface area contributed by atoms with Crippen LogP contribution in [-0.2, 0) is 5.66 Å². The molecular formula is C22H18N2O. The molecule has 3 heteroatoms. The highest BCUT2D eigenvalue weighted by Crippen LogP contribution is 2.44. The number of benzene rings is 3. The van der Waals surface area contributed by atoms with Gasteiger partial charge in [-0.25, -0.2) is 0 Å². The highest BCUT2D eigenvalue weighted by molar-refractivity contribution is 6.01. The summed E-state index contributed by atoms with van der Waals surface area (Å²) in [5, 5.41) is 0. The van der Waals surface area contributed by atoms with Crippen LogP contribution in [0.25, 0.3) is 0 Å². The third-order valence-electron chi connectivity index (χ3n) is 4.70. The highest BCUT2D eigenvalue weighted by Gasteiger charge is 2.48. The molecule has 0 saturated carbocycles. The fraction of sp³-hybridized carbons (Fsp3) is 0.0909. The summed E-state index contributed by atoms with van der Waals surface area (Å²) >= 11 is 0. The van der Waals surface area contributed by atoms with Crippen LogP contribution in [0.5, 0.6) is 0 Å². The van der Waals surface area contributed by atoms with Crippen molar-refractivity contribution >= 4 is 12.1 Å². The first-order chi connectivity index (χ1) is 12.2. The zero-order valence-corrected chi connectivity index (χ0v) is 14.0. The van der Waals surface area contributed by atoms with Gasteiger partial charge in [-0.15, -0.1) is 0 Å². The van der Waals surface area contributed by atoms with Crippen LogP contribution in [0.2, 0.25) is 0 Å². The lowest BCUT2D eigenvalue weighted by Crippen LogP contribution is -2.40. The first-order valence-corrected chi connectivity index (χ1v) is 8.27. The number of fused-ring (bicyclic) bond motifs is 1. The van der Waals surface area contributed by atoms with E-state index in [1.54, 1.807) is 4.90 Å². The first-order valence-electron chi connectivity index (χ1n) is 8.27. The summed E-state index contributed by atoms with van der Waals surface area (Å²) in [6, 6.07) is 27.6. The predicted octanol–water partition coefficient (Wildman–Crippen LogP) is 4.09. The Labute approximate surface area is 147 Å². The van der Waals surface area contributed by atoms with E-state index in [-0.39, 0.29) is 5.91 Å². The molecule has 4 rings (SSSR count). The molecule has 0 fully saturated rings. The normalized spacial score (nSPS) is 19.4. The van der Waals surface area contributed by atoms with Crippen LogP contribution >= 0.6 is 0 Å². The largest absolute Gasteiger partial charge is 0.309 e. The fourth-order valence-corrected chi connectivity index (χ4v) is 3.44. The summed E-state index contributed by atoms with van der Waals surface area (Å²) in [5.41, 5.74) is 2.76. The Balaban J connectivity index is 1.95. The summed E-state index contributed by atoms with van der Waals surface area (Å²) < 4.78 is 0. The van der Waals surface area contributed by atoms with Crippen molar-refractivity contribution in [1.29, 1.82) is 0 Å². The quantitative estimate of drug-likeness (QED) is 0.667. The second-order valence-corrected chi connectivity index (χ2v) is 6.12. The number of hydrogen-bond donors (Lipinski definition) is 0. The van der Waals surface area contributed by atoms with Gasteiger partial charge >= 0.3 is 0 Å². The molecule has 0 radical (unpaired) electrons. The minimum atomic E-state index is -0.842. The van der Waals surface area contributed by atoms with Gasteiger partial charge in [0.15, 0.2) is 5.66 Å². The van der Waals surface area contributed by atoms with Gasteiger partial charge in [0, 0.05) is 30.0 Å². The number of nitrogens with zero attached hydrogens (tertiary/aromatic N) is 2. The Morgan fingerprint density at radius 1 is 0.840 bits per heavy atom. The Morgan fingerprint density at radius 2 is 1.44 bits per heavy atom. The van der Waals surface area contributed by atoms with E-state index >= 15 is 0 Å². The molecule has 0 aliphatic carbocycles. The van der Waals surface area contributed by atoms with Gasteiger partial charge in [0.2, 0.25) is 0 Å². The van der Waals surface area contributed by atoms with Gasteiger partial charge in [-0.3, -0.25) is 9.79 Å². The zero-order chi connectivity index (χ0) is 17.3. The molecule has 1 heterocycles. The molecule has 0 unspecified atom stereocenters. The lowest BCUT2D eigenvalue weighted by Gasteiger charge is -2.33. The first kappa shape index (κ1) is 15.3. The standard InChI is InChI=1S/C22H18N2O/c1-24-21(25)19-14-8-9-15-20(19)22(24,18-12-6-3-7-13-18)23-16-17-10-4-2-5-11-17/h2-16H,1H3/t22-/m1/s1. The molecule has 0 bridgehead atoms. The minimum absolute atomic E-state index is 0.00957. The molecule has 3 aromatic rings. The van der Waals surface area contributed by atoms with E-state index in [1.807, 2.05) is 98.2 Å². The van der Waals surface area contributed by atoms with E-state index in [0.29, 0.717) is 5.56 Å². The van der Waals surface area contributed by atoms with Crippen LogP contribution in [0.1, 0.15) is 27.0 Å². The molecule has 0 N–H and O–H groups in total. The second kappa shape index (κ2) is 6.02. The van der Waals surface area contributed by atoms with Crippen molar-refractivity contribution in [2.45, 2.75) is 5.66 Å². The van der Waals surface area contributed by atoms with E-state index in [4.69, 9.17) is 4.99 Å². The third kappa shape index (κ3) is 2.36. The summed E-state index contributed by atoms with van der Waals surface area (Å²) in [7, 11) is 1.82. The van der Waals surface area contributed by atoms with Crippen LogP contribution < -0.4 is 0 Å². The number of carbonyl (C=O) groups is 1. The van der Waals surface area contributed by atoms with E-state index in [9.17, 15) is 4.79 Å². The van der Waals surface area contributed by atoms with Crippen molar-refractivity contribution in [3.63, 3.8) is 0 Å². The van der Waals surface area contributed by atoms with Gasteiger partial charge in [-0.2, -0.15) is 0 Å². The van der Waals surface area contributed by atoms with Gasteiger partial charge in [-0.05, 0) is 11.6 Å². The Kier molecular flexibility index (Phi) is 3.69. The van der Waals surface area contributed by atoms with Crippen LogP contribution in [0, 0.1) is 0 Å². The Hall–Kier alpha value is -3.20. The maximum atomic E-state index is 12.8. The molecule has 0 spiro atoms. The fourth-order valence-electron chi connectivity index (χ4n) is 3.44. The van der Waals surface area contributed by atoms with Crippen molar-refractivity contribution < 1.29 is 4.79 Å². The smallest absolute Gasteiger partial charge is 0.256 e. The lowest BCUT2D eigenvalue weighted by atomic mass is 9.91. The molecule has 1 amide bonds. The summed E-state index contributed by atoms with van der Waals surface area (Å²) in [4.78, 5) is 19.5. The molecule has 1 aliphatic rings. The molecular weight excluding hydrogens is 308 g/mol. The van der Waals surface area contributed by atoms with Crippen LogP contribution in [0.4, 0.5) is 0 Å². The van der Waals surface area contributed by atoms with Gasteiger partial charge in [0.25, 0.3) is 5.91 Å². The Bertz CT molecular complexity index is 935. The second-order valence-electron chi connectivity index (χ2n) is 6.12. The summed E-state index contributed by atoms with van der Waals surface area (Å²) in [6.07, 6.45) is 1.85. The van der Waals surface area contributed by atoms with E-state index in [0.717, 1.165) is 16.7 Å². The molecule has 25 heavy (non-hydrogen) atoms. The van der Waals surface area contributed by atoms with Gasteiger partial charge in [0.05, 0.1) is 0 Å². The van der Waals surface area contributed by atoms with Crippen molar-refractivity contribution in [3.8, 4) is 0 Å². The lowest BCUT2D eigenvalue weighted by molar-refractivity contribution is 0.0706. The van der Waals surface area contributed by atoms with E-state index in [1.165, 1.54) is 0 Å². The summed E-state index contributed by atoms with van der Waals surface area (Å²) in [6.45, 7) is 0. The molecule has 3 aromatic carbocycles. The number of amides is 1. The molecule has 0 aromatic heterocycles. The van der Waals surface area contributed by atoms with E-state index in [2.05, 4.69) is 0 Å². The van der Waals surface area contributed by atoms with Crippen LogP contribution in [-0.4, -0.2) is 24.1 Å². The molecule has 3 nitrogen and oxygen atoms in total. The van der Waals surface area contributed by atoms with Gasteiger partial charge in [0.1, 0.15) is 0 Å². The maximum Gasteiger partial charge on any atom is 0.256 e. The molecule has 0 saturated heterocycles. The van der Waals surface area contributed by atoms with Crippen molar-refractivity contribution in [2.75, 3.05) is 7.05 Å². The number of rotatable bonds is 3. The molecule has 1 aliphatic heterocycles. The number of aliphatic imine (C=N–C) groups is 1. The SMILES string of the molecule is CN1C(=O)c2ccccc2[C@@]1(N=Cc1ccccc1)c1ccccc1. The zero-order valence-electron chi connectivity index (χ0n) is 14.0. The van der Waals surface area contributed by atoms with Gasteiger partial charge < -0.3 is 4.90 Å². The molecule has 1 atom stereocenters. The summed E-state index contributed by atoms with van der Waals surface area (Å²) in [5.74, 6) is -0.00957. The van der Waals surface area contributed by atoms with Crippen molar-refractivity contribution in [1.82, 2.24) is 4.90 Å². The Morgan fingerprint density at radius 3 is 2.16 bits per heavy atom. The monoisotopic (exact) mass is 326 g/mol. The van der Waals surface area contributed by atoms with Crippen LogP contribution in [0.3, 0.4) is 0 Å².